The molecule has 1 fully saturated rings. The van der Waals surface area contributed by atoms with Crippen molar-refractivity contribution in [2.24, 2.45) is 5.41 Å². The van der Waals surface area contributed by atoms with Crippen molar-refractivity contribution < 1.29 is 9.90 Å². The molecule has 0 aromatic heterocycles. The largest absolute Gasteiger partial charge is 0.391 e. The number of allylic oxidation sites excluding steroid dienone is 1. The lowest BCUT2D eigenvalue weighted by molar-refractivity contribution is -0.125. The van der Waals surface area contributed by atoms with E-state index in [2.05, 4.69) is 37.7 Å². The van der Waals surface area contributed by atoms with Gasteiger partial charge in [0.25, 0.3) is 0 Å². The predicted octanol–water partition coefficient (Wildman–Crippen LogP) is 2.54. The molecule has 1 rings (SSSR count). The SMILES string of the molecule is C=CCC[C@@]1(C#C[Si](C)(C)C)C(=O)CC[C@@H]1O. The van der Waals surface area contributed by atoms with E-state index in [9.17, 15) is 9.90 Å². The summed E-state index contributed by atoms with van der Waals surface area (Å²) in [5.74, 6) is 3.24. The van der Waals surface area contributed by atoms with Crippen molar-refractivity contribution in [1.82, 2.24) is 0 Å². The molecular formula is C14H22O2Si. The Hall–Kier alpha value is -0.853. The van der Waals surface area contributed by atoms with E-state index < -0.39 is 19.6 Å². The van der Waals surface area contributed by atoms with Crippen molar-refractivity contribution in [1.29, 1.82) is 0 Å². The van der Waals surface area contributed by atoms with Crippen LogP contribution in [-0.2, 0) is 4.79 Å². The van der Waals surface area contributed by atoms with E-state index in [0.717, 1.165) is 6.42 Å². The monoisotopic (exact) mass is 250 g/mol. The predicted molar refractivity (Wildman–Crippen MR) is 73.2 cm³/mol. The Morgan fingerprint density at radius 1 is 1.59 bits per heavy atom. The van der Waals surface area contributed by atoms with Crippen LogP contribution in [0.15, 0.2) is 12.7 Å². The molecule has 0 heterocycles. The number of Topliss-reactive ketones (excluding diaryl/α,β-unsaturated/α-hetero) is 1. The van der Waals surface area contributed by atoms with Crippen LogP contribution in [0, 0.1) is 16.9 Å². The maximum atomic E-state index is 12.0. The molecule has 1 aliphatic rings. The average Bonchev–Trinajstić information content (AvgIpc) is 2.50. The van der Waals surface area contributed by atoms with Gasteiger partial charge >= 0.3 is 0 Å². The summed E-state index contributed by atoms with van der Waals surface area (Å²) in [4.78, 5) is 12.0. The molecule has 1 saturated carbocycles. The van der Waals surface area contributed by atoms with E-state index in [1.807, 2.05) is 0 Å². The molecule has 3 heteroatoms. The number of hydrogen-bond acceptors (Lipinski definition) is 2. The van der Waals surface area contributed by atoms with Crippen LogP contribution in [0.4, 0.5) is 0 Å². The minimum atomic E-state index is -1.52. The number of carbonyl (C=O) groups is 1. The van der Waals surface area contributed by atoms with Crippen molar-refractivity contribution in [2.75, 3.05) is 0 Å². The average molecular weight is 250 g/mol. The summed E-state index contributed by atoms with van der Waals surface area (Å²) in [6, 6.07) is 0. The summed E-state index contributed by atoms with van der Waals surface area (Å²) < 4.78 is 0. The highest BCUT2D eigenvalue weighted by atomic mass is 28.3. The van der Waals surface area contributed by atoms with Crippen LogP contribution in [-0.4, -0.2) is 25.1 Å². The van der Waals surface area contributed by atoms with Gasteiger partial charge in [0.05, 0.1) is 6.10 Å². The first-order valence-electron chi connectivity index (χ1n) is 6.18. The van der Waals surface area contributed by atoms with Crippen molar-refractivity contribution in [3.63, 3.8) is 0 Å². The van der Waals surface area contributed by atoms with Gasteiger partial charge in [0.15, 0.2) is 5.78 Å². The fraction of sp³-hybridized carbons (Fsp3) is 0.643. The second-order valence-corrected chi connectivity index (χ2v) is 10.5. The van der Waals surface area contributed by atoms with E-state index >= 15 is 0 Å². The Morgan fingerprint density at radius 2 is 2.24 bits per heavy atom. The Morgan fingerprint density at radius 3 is 2.65 bits per heavy atom. The number of aliphatic hydroxyl groups is 1. The van der Waals surface area contributed by atoms with Crippen molar-refractivity contribution >= 4 is 13.9 Å². The normalized spacial score (nSPS) is 28.7. The van der Waals surface area contributed by atoms with Gasteiger partial charge in [-0.15, -0.1) is 12.1 Å². The molecule has 2 atom stereocenters. The third-order valence-corrected chi connectivity index (χ3v) is 3.99. The lowest BCUT2D eigenvalue weighted by Gasteiger charge is -2.25. The molecule has 94 valence electrons. The van der Waals surface area contributed by atoms with E-state index in [1.54, 1.807) is 6.08 Å². The summed E-state index contributed by atoms with van der Waals surface area (Å²) in [7, 11) is -1.52. The third kappa shape index (κ3) is 3.30. The Bertz CT molecular complexity index is 370. The van der Waals surface area contributed by atoms with Crippen molar-refractivity contribution in [3.05, 3.63) is 12.7 Å². The molecule has 0 aliphatic heterocycles. The number of carbonyl (C=O) groups excluding carboxylic acids is 1. The molecule has 0 aromatic carbocycles. The molecule has 2 nitrogen and oxygen atoms in total. The first kappa shape index (κ1) is 14.2. The van der Waals surface area contributed by atoms with Gasteiger partial charge in [-0.1, -0.05) is 31.6 Å². The van der Waals surface area contributed by atoms with Crippen LogP contribution in [0.5, 0.6) is 0 Å². The Kier molecular flexibility index (Phi) is 4.35. The van der Waals surface area contributed by atoms with Gasteiger partial charge in [0.2, 0.25) is 0 Å². The van der Waals surface area contributed by atoms with E-state index in [1.165, 1.54) is 0 Å². The number of hydrogen-bond donors (Lipinski definition) is 1. The Labute approximate surface area is 105 Å². The number of ketones is 1. The zero-order valence-corrected chi connectivity index (χ0v) is 12.0. The molecule has 0 radical (unpaired) electrons. The fourth-order valence-electron chi connectivity index (χ4n) is 2.07. The molecular weight excluding hydrogens is 228 g/mol. The van der Waals surface area contributed by atoms with E-state index in [0.29, 0.717) is 19.3 Å². The van der Waals surface area contributed by atoms with Gasteiger partial charge in [0.1, 0.15) is 13.5 Å². The summed E-state index contributed by atoms with van der Waals surface area (Å²) in [5, 5.41) is 10.1. The van der Waals surface area contributed by atoms with E-state index in [4.69, 9.17) is 0 Å². The molecule has 0 bridgehead atoms. The summed E-state index contributed by atoms with van der Waals surface area (Å²) in [5.41, 5.74) is 2.44. The van der Waals surface area contributed by atoms with Gasteiger partial charge in [-0.25, -0.2) is 0 Å². The van der Waals surface area contributed by atoms with Crippen LogP contribution in [0.1, 0.15) is 25.7 Å². The fourth-order valence-corrected chi connectivity index (χ4v) is 2.67. The molecule has 1 aliphatic carbocycles. The number of rotatable bonds is 3. The van der Waals surface area contributed by atoms with Crippen molar-refractivity contribution in [2.45, 2.75) is 51.4 Å². The molecule has 0 amide bonds. The van der Waals surface area contributed by atoms with Gasteiger partial charge in [-0.05, 0) is 19.3 Å². The quantitative estimate of drug-likeness (QED) is 0.475. The van der Waals surface area contributed by atoms with Crippen LogP contribution in [0.25, 0.3) is 0 Å². The number of aliphatic hydroxyl groups excluding tert-OH is 1. The maximum absolute atomic E-state index is 12.0. The van der Waals surface area contributed by atoms with Gasteiger partial charge in [-0.2, -0.15) is 0 Å². The first-order chi connectivity index (χ1) is 7.82. The van der Waals surface area contributed by atoms with Crippen LogP contribution in [0.3, 0.4) is 0 Å². The standard InChI is InChI=1S/C14H22O2Si/c1-5-6-9-14(10-11-17(2,3)4)12(15)7-8-13(14)16/h5,12,15H,1,6-9H2,2-4H3/t12-,14-/m0/s1. The second kappa shape index (κ2) is 5.20. The molecule has 0 unspecified atom stereocenters. The highest BCUT2D eigenvalue weighted by molar-refractivity contribution is 6.83. The minimum Gasteiger partial charge on any atom is -0.391 e. The maximum Gasteiger partial charge on any atom is 0.153 e. The smallest absolute Gasteiger partial charge is 0.153 e. The van der Waals surface area contributed by atoms with Gasteiger partial charge in [-0.3, -0.25) is 4.79 Å². The molecule has 0 aromatic rings. The van der Waals surface area contributed by atoms with Gasteiger partial charge in [0, 0.05) is 6.42 Å². The molecule has 17 heavy (non-hydrogen) atoms. The minimum absolute atomic E-state index is 0.109. The second-order valence-electron chi connectivity index (χ2n) is 5.78. The first-order valence-corrected chi connectivity index (χ1v) is 9.68. The highest BCUT2D eigenvalue weighted by Gasteiger charge is 2.47. The summed E-state index contributed by atoms with van der Waals surface area (Å²) in [6.45, 7) is 10.1. The third-order valence-electron chi connectivity index (χ3n) is 3.11. The summed E-state index contributed by atoms with van der Waals surface area (Å²) >= 11 is 0. The molecule has 0 spiro atoms. The van der Waals surface area contributed by atoms with Gasteiger partial charge < -0.3 is 5.11 Å². The molecule has 0 saturated heterocycles. The topological polar surface area (TPSA) is 37.3 Å². The summed E-state index contributed by atoms with van der Waals surface area (Å²) in [6.07, 6.45) is 3.53. The highest BCUT2D eigenvalue weighted by Crippen LogP contribution is 2.39. The molecule has 1 N–H and O–H groups in total. The zero-order chi connectivity index (χ0) is 13.1. The van der Waals surface area contributed by atoms with Crippen LogP contribution in [0.2, 0.25) is 19.6 Å². The Balaban J connectivity index is 3.04. The van der Waals surface area contributed by atoms with Crippen LogP contribution < -0.4 is 0 Å². The lowest BCUT2D eigenvalue weighted by atomic mass is 9.79. The lowest BCUT2D eigenvalue weighted by Crippen LogP contribution is -2.35. The van der Waals surface area contributed by atoms with Crippen LogP contribution >= 0.6 is 0 Å². The van der Waals surface area contributed by atoms with E-state index in [-0.39, 0.29) is 5.78 Å². The zero-order valence-electron chi connectivity index (χ0n) is 11.0. The van der Waals surface area contributed by atoms with Crippen molar-refractivity contribution in [3.8, 4) is 11.5 Å².